The van der Waals surface area contributed by atoms with Gasteiger partial charge >= 0.3 is 5.97 Å². The zero-order valence-electron chi connectivity index (χ0n) is 18.6. The highest BCUT2D eigenvalue weighted by Gasteiger charge is 2.34. The first-order chi connectivity index (χ1) is 15.9. The van der Waals surface area contributed by atoms with Gasteiger partial charge in [-0.25, -0.2) is 4.79 Å². The van der Waals surface area contributed by atoms with Crippen LogP contribution >= 0.6 is 22.7 Å². The summed E-state index contributed by atoms with van der Waals surface area (Å²) in [4.78, 5) is 29.6. The van der Waals surface area contributed by atoms with Gasteiger partial charge in [0.15, 0.2) is 11.5 Å². The van der Waals surface area contributed by atoms with Crippen LogP contribution in [0.25, 0.3) is 0 Å². The van der Waals surface area contributed by atoms with Crippen molar-refractivity contribution in [2.75, 3.05) is 19.0 Å². The van der Waals surface area contributed by atoms with Crippen LogP contribution in [0.4, 0.5) is 5.00 Å². The molecule has 4 heterocycles. The molecule has 3 aromatic rings. The largest absolute Gasteiger partial charge is 0.493 e. The molecule has 1 amide bonds. The molecule has 0 saturated carbocycles. The van der Waals surface area contributed by atoms with E-state index in [2.05, 4.69) is 29.4 Å². The fourth-order valence-corrected chi connectivity index (χ4v) is 6.13. The molecule has 33 heavy (non-hydrogen) atoms. The number of hydrogen-bond donors (Lipinski definition) is 2. The number of rotatable bonds is 5. The number of nitrogens with one attached hydrogen (secondary N) is 2. The van der Waals surface area contributed by atoms with Gasteiger partial charge < -0.3 is 20.1 Å². The van der Waals surface area contributed by atoms with Crippen molar-refractivity contribution in [2.24, 2.45) is 0 Å². The fraction of sp³-hybridized carbons (Fsp3) is 0.333. The van der Waals surface area contributed by atoms with E-state index in [-0.39, 0.29) is 5.91 Å². The van der Waals surface area contributed by atoms with Gasteiger partial charge in [0.1, 0.15) is 16.0 Å². The molecule has 0 saturated heterocycles. The van der Waals surface area contributed by atoms with E-state index < -0.39 is 12.1 Å². The third-order valence-electron chi connectivity index (χ3n) is 6.04. The average molecular weight is 484 g/mol. The molecule has 0 aliphatic carbocycles. The fourth-order valence-electron chi connectivity index (χ4n) is 4.24. The van der Waals surface area contributed by atoms with E-state index >= 15 is 0 Å². The number of methoxy groups -OCH3 is 1. The van der Waals surface area contributed by atoms with Crippen LogP contribution in [-0.2, 0) is 13.0 Å². The lowest BCUT2D eigenvalue weighted by atomic mass is 9.99. The summed E-state index contributed by atoms with van der Waals surface area (Å²) in [6, 6.07) is 9.31. The van der Waals surface area contributed by atoms with Gasteiger partial charge in [-0.05, 0) is 55.0 Å². The van der Waals surface area contributed by atoms with E-state index in [0.717, 1.165) is 35.6 Å². The molecular weight excluding hydrogens is 458 g/mol. The summed E-state index contributed by atoms with van der Waals surface area (Å²) < 4.78 is 11.0. The van der Waals surface area contributed by atoms with E-state index in [0.29, 0.717) is 22.4 Å². The number of ether oxygens (including phenoxy) is 2. The van der Waals surface area contributed by atoms with Crippen molar-refractivity contribution in [3.05, 3.63) is 62.2 Å². The van der Waals surface area contributed by atoms with Crippen molar-refractivity contribution in [1.82, 2.24) is 10.2 Å². The normalized spacial score (nSPS) is 17.7. The molecule has 0 spiro atoms. The van der Waals surface area contributed by atoms with E-state index in [1.807, 2.05) is 11.4 Å². The number of esters is 1. The second kappa shape index (κ2) is 8.81. The average Bonchev–Trinajstić information content (AvgIpc) is 3.46. The van der Waals surface area contributed by atoms with E-state index in [1.54, 1.807) is 35.6 Å². The standard InChI is InChI=1S/C24H25N3O4S2/c1-13(2)27-9-8-15-19(12-27)33-23-20(15)22(28)25-21(26-23)14-6-7-16(17(11-14)30-3)31-24(29)18-5-4-10-32-18/h4-7,10-11,13,21,26H,8-9,12H2,1-3H3,(H,25,28)/t21-/m1/s1. The lowest BCUT2D eigenvalue weighted by molar-refractivity contribution is 0.0734. The highest BCUT2D eigenvalue weighted by atomic mass is 32.1. The first kappa shape index (κ1) is 21.9. The van der Waals surface area contributed by atoms with Crippen molar-refractivity contribution < 1.29 is 19.1 Å². The molecule has 0 bridgehead atoms. The van der Waals surface area contributed by atoms with Crippen LogP contribution in [0.2, 0.25) is 0 Å². The van der Waals surface area contributed by atoms with Crippen LogP contribution < -0.4 is 20.1 Å². The minimum Gasteiger partial charge on any atom is -0.493 e. The lowest BCUT2D eigenvalue weighted by Crippen LogP contribution is -2.39. The second-order valence-electron chi connectivity index (χ2n) is 8.35. The SMILES string of the molecule is COc1cc([C@@H]2NC(=O)c3c(sc4c3CCN(C(C)C)C4)N2)ccc1OC(=O)c1cccs1. The molecule has 0 radical (unpaired) electrons. The van der Waals surface area contributed by atoms with Crippen LogP contribution in [0.15, 0.2) is 35.7 Å². The van der Waals surface area contributed by atoms with Gasteiger partial charge in [0.05, 0.1) is 12.7 Å². The highest BCUT2D eigenvalue weighted by molar-refractivity contribution is 7.16. The summed E-state index contributed by atoms with van der Waals surface area (Å²) in [6.07, 6.45) is 0.485. The predicted octanol–water partition coefficient (Wildman–Crippen LogP) is 4.66. The Balaban J connectivity index is 1.38. The van der Waals surface area contributed by atoms with Gasteiger partial charge in [0.2, 0.25) is 0 Å². The molecule has 9 heteroatoms. The quantitative estimate of drug-likeness (QED) is 0.406. The molecule has 2 N–H and O–H groups in total. The number of benzene rings is 1. The van der Waals surface area contributed by atoms with Gasteiger partial charge in [-0.1, -0.05) is 12.1 Å². The molecule has 0 fully saturated rings. The van der Waals surface area contributed by atoms with Crippen LogP contribution in [0.1, 0.15) is 56.0 Å². The van der Waals surface area contributed by atoms with Crippen molar-refractivity contribution in [1.29, 1.82) is 0 Å². The topological polar surface area (TPSA) is 79.9 Å². The zero-order valence-corrected chi connectivity index (χ0v) is 20.3. The van der Waals surface area contributed by atoms with Crippen LogP contribution in [0, 0.1) is 0 Å². The van der Waals surface area contributed by atoms with Gasteiger partial charge in [0, 0.05) is 24.0 Å². The van der Waals surface area contributed by atoms with Crippen LogP contribution in [0.5, 0.6) is 11.5 Å². The summed E-state index contributed by atoms with van der Waals surface area (Å²) in [5.41, 5.74) is 2.77. The van der Waals surface area contributed by atoms with Crippen LogP contribution in [-0.4, -0.2) is 36.5 Å². The summed E-state index contributed by atoms with van der Waals surface area (Å²) in [5, 5.41) is 9.29. The van der Waals surface area contributed by atoms with E-state index in [1.165, 1.54) is 28.9 Å². The minimum absolute atomic E-state index is 0.0589. The summed E-state index contributed by atoms with van der Waals surface area (Å²) in [5.74, 6) is 0.279. The molecule has 0 unspecified atom stereocenters. The van der Waals surface area contributed by atoms with Crippen molar-refractivity contribution in [2.45, 2.75) is 39.0 Å². The van der Waals surface area contributed by atoms with Crippen molar-refractivity contribution in [3.8, 4) is 11.5 Å². The Morgan fingerprint density at radius 1 is 1.21 bits per heavy atom. The first-order valence-electron chi connectivity index (χ1n) is 10.8. The molecular formula is C24H25N3O4S2. The number of thiophene rings is 2. The Bertz CT molecular complexity index is 1200. The summed E-state index contributed by atoms with van der Waals surface area (Å²) >= 11 is 2.99. The molecule has 1 atom stereocenters. The highest BCUT2D eigenvalue weighted by Crippen LogP contribution is 2.42. The molecule has 2 aliphatic heterocycles. The maximum Gasteiger partial charge on any atom is 0.353 e. The predicted molar refractivity (Wildman–Crippen MR) is 130 cm³/mol. The van der Waals surface area contributed by atoms with Crippen LogP contribution in [0.3, 0.4) is 0 Å². The third kappa shape index (κ3) is 4.12. The lowest BCUT2D eigenvalue weighted by Gasteiger charge is -2.31. The monoisotopic (exact) mass is 483 g/mol. The molecule has 2 aromatic heterocycles. The molecule has 2 aliphatic rings. The Labute approximate surface area is 200 Å². The van der Waals surface area contributed by atoms with E-state index in [4.69, 9.17) is 9.47 Å². The smallest absolute Gasteiger partial charge is 0.353 e. The third-order valence-corrected chi connectivity index (χ3v) is 8.04. The van der Waals surface area contributed by atoms with Gasteiger partial charge in [0.25, 0.3) is 5.91 Å². The number of amides is 1. The number of nitrogens with zero attached hydrogens (tertiary/aromatic N) is 1. The van der Waals surface area contributed by atoms with Gasteiger partial charge in [-0.15, -0.1) is 22.7 Å². The maximum atomic E-state index is 13.1. The minimum atomic E-state index is -0.426. The number of carbonyl (C=O) groups excluding carboxylic acids is 2. The summed E-state index contributed by atoms with van der Waals surface area (Å²) in [7, 11) is 1.53. The molecule has 5 rings (SSSR count). The Hall–Kier alpha value is -2.88. The molecule has 172 valence electrons. The van der Waals surface area contributed by atoms with E-state index in [9.17, 15) is 9.59 Å². The molecule has 1 aromatic carbocycles. The Morgan fingerprint density at radius 2 is 2.06 bits per heavy atom. The maximum absolute atomic E-state index is 13.1. The number of carbonyl (C=O) groups is 2. The van der Waals surface area contributed by atoms with Crippen molar-refractivity contribution >= 4 is 39.6 Å². The van der Waals surface area contributed by atoms with Gasteiger partial charge in [-0.2, -0.15) is 0 Å². The Morgan fingerprint density at radius 3 is 2.79 bits per heavy atom. The number of anilines is 1. The van der Waals surface area contributed by atoms with Gasteiger partial charge in [-0.3, -0.25) is 9.69 Å². The van der Waals surface area contributed by atoms with Crippen molar-refractivity contribution in [3.63, 3.8) is 0 Å². The number of hydrogen-bond acceptors (Lipinski definition) is 8. The second-order valence-corrected chi connectivity index (χ2v) is 10.4. The molecule has 7 nitrogen and oxygen atoms in total. The Kier molecular flexibility index (Phi) is 5.86. The first-order valence-corrected chi connectivity index (χ1v) is 12.5. The number of fused-ring (bicyclic) bond motifs is 3. The summed E-state index contributed by atoms with van der Waals surface area (Å²) in [6.45, 7) is 6.25. The zero-order chi connectivity index (χ0) is 23.1.